The predicted molar refractivity (Wildman–Crippen MR) is 87.5 cm³/mol. The second-order valence-electron chi connectivity index (χ2n) is 5.70. The monoisotopic (exact) mass is 290 g/mol. The first-order chi connectivity index (χ1) is 10.8. The van der Waals surface area contributed by atoms with E-state index in [0.717, 1.165) is 42.3 Å². The lowest BCUT2D eigenvalue weighted by Gasteiger charge is -2.06. The van der Waals surface area contributed by atoms with E-state index in [1.807, 2.05) is 23.0 Å². The fourth-order valence-corrected chi connectivity index (χ4v) is 2.93. The van der Waals surface area contributed by atoms with Crippen LogP contribution in [0.1, 0.15) is 22.5 Å². The lowest BCUT2D eigenvalue weighted by atomic mass is 10.1. The third-order valence-electron chi connectivity index (χ3n) is 4.09. The van der Waals surface area contributed by atoms with Crippen molar-refractivity contribution in [1.82, 2.24) is 14.8 Å². The largest absolute Gasteiger partial charge is 0.369 e. The number of fused-ring (bicyclic) bond motifs is 1. The van der Waals surface area contributed by atoms with Crippen LogP contribution in [0.25, 0.3) is 5.69 Å². The number of hydrogen-bond donors (Lipinski definition) is 1. The van der Waals surface area contributed by atoms with Crippen molar-refractivity contribution in [1.29, 1.82) is 0 Å². The lowest BCUT2D eigenvalue weighted by molar-refractivity contribution is 0.833. The Bertz CT molecular complexity index is 788. The zero-order valence-electron chi connectivity index (χ0n) is 12.6. The summed E-state index contributed by atoms with van der Waals surface area (Å²) in [5, 5.41) is 8.31. The van der Waals surface area contributed by atoms with Crippen LogP contribution in [0.15, 0.2) is 48.7 Å². The summed E-state index contributed by atoms with van der Waals surface area (Å²) in [6.07, 6.45) is 3.65. The molecule has 0 atom stereocenters. The molecular formula is C18H18N4. The maximum atomic E-state index is 4.84. The van der Waals surface area contributed by atoms with Gasteiger partial charge in [0.1, 0.15) is 5.82 Å². The molecule has 110 valence electrons. The van der Waals surface area contributed by atoms with Crippen molar-refractivity contribution in [3.63, 3.8) is 0 Å². The van der Waals surface area contributed by atoms with E-state index in [1.54, 1.807) is 0 Å². The van der Waals surface area contributed by atoms with Gasteiger partial charge in [0.25, 0.3) is 0 Å². The van der Waals surface area contributed by atoms with E-state index < -0.39 is 0 Å². The van der Waals surface area contributed by atoms with Crippen LogP contribution in [-0.2, 0) is 12.8 Å². The third-order valence-corrected chi connectivity index (χ3v) is 4.09. The van der Waals surface area contributed by atoms with Crippen molar-refractivity contribution in [3.8, 4) is 5.69 Å². The van der Waals surface area contributed by atoms with E-state index in [-0.39, 0.29) is 0 Å². The van der Waals surface area contributed by atoms with Crippen LogP contribution in [0, 0.1) is 6.92 Å². The number of anilines is 1. The summed E-state index contributed by atoms with van der Waals surface area (Å²) in [6.45, 7) is 3.08. The number of nitrogens with one attached hydrogen (secondary N) is 1. The molecule has 2 aromatic heterocycles. The summed E-state index contributed by atoms with van der Waals surface area (Å²) in [6, 6.07) is 14.5. The summed E-state index contributed by atoms with van der Waals surface area (Å²) in [5.74, 6) is 1.13. The first kappa shape index (κ1) is 13.1. The molecule has 0 spiro atoms. The number of pyridine rings is 1. The minimum absolute atomic E-state index is 0.781. The Kier molecular flexibility index (Phi) is 3.15. The Hall–Kier alpha value is -2.62. The molecule has 3 aromatic rings. The van der Waals surface area contributed by atoms with Gasteiger partial charge in [0, 0.05) is 30.4 Å². The van der Waals surface area contributed by atoms with E-state index in [0.29, 0.717) is 0 Å². The van der Waals surface area contributed by atoms with E-state index in [1.165, 1.54) is 11.1 Å². The van der Waals surface area contributed by atoms with Crippen LogP contribution in [0.4, 0.5) is 5.82 Å². The molecule has 0 aliphatic carbocycles. The lowest BCUT2D eigenvalue weighted by Crippen LogP contribution is -2.05. The quantitative estimate of drug-likeness (QED) is 0.806. The highest BCUT2D eigenvalue weighted by Crippen LogP contribution is 2.29. The molecule has 0 unspecified atom stereocenters. The zero-order chi connectivity index (χ0) is 14.9. The molecule has 1 N–H and O–H groups in total. The van der Waals surface area contributed by atoms with Gasteiger partial charge in [0.15, 0.2) is 0 Å². The number of rotatable bonds is 3. The number of aromatic nitrogens is 3. The van der Waals surface area contributed by atoms with Crippen LogP contribution in [0.5, 0.6) is 0 Å². The Morgan fingerprint density at radius 1 is 1.14 bits per heavy atom. The summed E-state index contributed by atoms with van der Waals surface area (Å²) < 4.78 is 2.03. The first-order valence-electron chi connectivity index (χ1n) is 7.63. The van der Waals surface area contributed by atoms with Crippen LogP contribution < -0.4 is 5.32 Å². The highest BCUT2D eigenvalue weighted by molar-refractivity contribution is 5.57. The van der Waals surface area contributed by atoms with Gasteiger partial charge in [-0.3, -0.25) is 4.98 Å². The number of nitrogens with zero attached hydrogens (tertiary/aromatic N) is 3. The van der Waals surface area contributed by atoms with Gasteiger partial charge in [-0.05, 0) is 37.6 Å². The van der Waals surface area contributed by atoms with Gasteiger partial charge in [-0.15, -0.1) is 0 Å². The topological polar surface area (TPSA) is 42.7 Å². The molecule has 0 saturated carbocycles. The van der Waals surface area contributed by atoms with E-state index in [2.05, 4.69) is 47.6 Å². The Morgan fingerprint density at radius 2 is 2.00 bits per heavy atom. The summed E-state index contributed by atoms with van der Waals surface area (Å²) in [4.78, 5) is 4.42. The molecule has 4 nitrogen and oxygen atoms in total. The van der Waals surface area contributed by atoms with Gasteiger partial charge in [0.2, 0.25) is 0 Å². The standard InChI is InChI=1S/C18H18N4/c1-13-5-7-15(8-6-13)22-18-16(9-11-20-18)17(21-22)12-14-4-2-3-10-19-14/h2-8,10,20H,9,11-12H2,1H3. The Morgan fingerprint density at radius 3 is 2.77 bits per heavy atom. The van der Waals surface area contributed by atoms with Crippen LogP contribution in [0.2, 0.25) is 0 Å². The average molecular weight is 290 g/mol. The molecule has 1 aliphatic rings. The third kappa shape index (κ3) is 2.26. The minimum Gasteiger partial charge on any atom is -0.369 e. The summed E-state index contributed by atoms with van der Waals surface area (Å²) in [7, 11) is 0. The molecule has 0 fully saturated rings. The van der Waals surface area contributed by atoms with Crippen molar-refractivity contribution >= 4 is 5.82 Å². The van der Waals surface area contributed by atoms with Crippen molar-refractivity contribution < 1.29 is 0 Å². The van der Waals surface area contributed by atoms with Gasteiger partial charge in [0.05, 0.1) is 11.4 Å². The van der Waals surface area contributed by atoms with Crippen molar-refractivity contribution in [2.24, 2.45) is 0 Å². The van der Waals surface area contributed by atoms with Gasteiger partial charge in [-0.1, -0.05) is 23.8 Å². The minimum atomic E-state index is 0.781. The van der Waals surface area contributed by atoms with Crippen LogP contribution >= 0.6 is 0 Å². The van der Waals surface area contributed by atoms with E-state index >= 15 is 0 Å². The Balaban J connectivity index is 1.75. The second kappa shape index (κ2) is 5.30. The van der Waals surface area contributed by atoms with Crippen LogP contribution in [-0.4, -0.2) is 21.3 Å². The van der Waals surface area contributed by atoms with E-state index in [4.69, 9.17) is 5.10 Å². The highest BCUT2D eigenvalue weighted by atomic mass is 15.3. The number of aryl methyl sites for hydroxylation is 1. The van der Waals surface area contributed by atoms with Gasteiger partial charge >= 0.3 is 0 Å². The molecule has 3 heterocycles. The van der Waals surface area contributed by atoms with Crippen molar-refractivity contribution in [2.45, 2.75) is 19.8 Å². The van der Waals surface area contributed by atoms with E-state index in [9.17, 15) is 0 Å². The maximum absolute atomic E-state index is 4.84. The molecular weight excluding hydrogens is 272 g/mol. The summed E-state index contributed by atoms with van der Waals surface area (Å²) in [5.41, 5.74) is 5.87. The number of hydrogen-bond acceptors (Lipinski definition) is 3. The SMILES string of the molecule is Cc1ccc(-n2nc(Cc3ccccn3)c3c2NCC3)cc1. The molecule has 22 heavy (non-hydrogen) atoms. The number of benzene rings is 1. The maximum Gasteiger partial charge on any atom is 0.133 e. The van der Waals surface area contributed by atoms with Gasteiger partial charge in [-0.2, -0.15) is 5.10 Å². The molecule has 4 rings (SSSR count). The highest BCUT2D eigenvalue weighted by Gasteiger charge is 2.23. The van der Waals surface area contributed by atoms with Gasteiger partial charge in [-0.25, -0.2) is 4.68 Å². The summed E-state index contributed by atoms with van der Waals surface area (Å²) >= 11 is 0. The molecule has 0 saturated heterocycles. The smallest absolute Gasteiger partial charge is 0.133 e. The molecule has 1 aromatic carbocycles. The normalized spacial score (nSPS) is 13.0. The molecule has 0 bridgehead atoms. The molecule has 0 radical (unpaired) electrons. The fraction of sp³-hybridized carbons (Fsp3) is 0.222. The molecule has 4 heteroatoms. The van der Waals surface area contributed by atoms with Crippen LogP contribution in [0.3, 0.4) is 0 Å². The predicted octanol–water partition coefficient (Wildman–Crippen LogP) is 3.13. The fourth-order valence-electron chi connectivity index (χ4n) is 2.93. The molecule has 0 amide bonds. The average Bonchev–Trinajstić information content (AvgIpc) is 3.13. The first-order valence-corrected chi connectivity index (χ1v) is 7.63. The van der Waals surface area contributed by atoms with Gasteiger partial charge < -0.3 is 5.32 Å². The zero-order valence-corrected chi connectivity index (χ0v) is 12.6. The Labute approximate surface area is 129 Å². The van der Waals surface area contributed by atoms with Crippen molar-refractivity contribution in [3.05, 3.63) is 71.2 Å². The molecule has 1 aliphatic heterocycles. The second-order valence-corrected chi connectivity index (χ2v) is 5.70. The van der Waals surface area contributed by atoms with Crippen molar-refractivity contribution in [2.75, 3.05) is 11.9 Å².